The molecule has 0 bridgehead atoms. The van der Waals surface area contributed by atoms with E-state index in [2.05, 4.69) is 12.1 Å². The van der Waals surface area contributed by atoms with Crippen LogP contribution < -0.4 is 5.73 Å². The molecular formula is C12H19NO. The highest BCUT2D eigenvalue weighted by atomic mass is 16.3. The average Bonchev–Trinajstić information content (AvgIpc) is 2.26. The second-order valence-corrected chi connectivity index (χ2v) is 3.66. The zero-order valence-electron chi connectivity index (χ0n) is 8.69. The SMILES string of the molecule is CC[C@@H](N)[C@@H](O)CCc1ccccc1. The molecular weight excluding hydrogens is 174 g/mol. The fourth-order valence-corrected chi connectivity index (χ4v) is 1.45. The minimum atomic E-state index is -0.375. The lowest BCUT2D eigenvalue weighted by atomic mass is 10.0. The van der Waals surface area contributed by atoms with Crippen molar-refractivity contribution in [1.29, 1.82) is 0 Å². The molecule has 0 aromatic heterocycles. The topological polar surface area (TPSA) is 46.2 Å². The summed E-state index contributed by atoms with van der Waals surface area (Å²) < 4.78 is 0. The molecule has 78 valence electrons. The van der Waals surface area contributed by atoms with Gasteiger partial charge in [0.2, 0.25) is 0 Å². The number of aryl methyl sites for hydroxylation is 1. The average molecular weight is 193 g/mol. The summed E-state index contributed by atoms with van der Waals surface area (Å²) in [4.78, 5) is 0. The number of nitrogens with two attached hydrogens (primary N) is 1. The van der Waals surface area contributed by atoms with Gasteiger partial charge in [0.15, 0.2) is 0 Å². The molecule has 0 heterocycles. The van der Waals surface area contributed by atoms with Crippen molar-refractivity contribution in [3.05, 3.63) is 35.9 Å². The zero-order valence-corrected chi connectivity index (χ0v) is 8.69. The first kappa shape index (κ1) is 11.2. The van der Waals surface area contributed by atoms with E-state index in [9.17, 15) is 5.11 Å². The van der Waals surface area contributed by atoms with Gasteiger partial charge < -0.3 is 10.8 Å². The molecule has 0 spiro atoms. The molecule has 0 saturated heterocycles. The molecule has 3 N–H and O–H groups in total. The number of hydrogen-bond acceptors (Lipinski definition) is 2. The van der Waals surface area contributed by atoms with E-state index in [4.69, 9.17) is 5.73 Å². The maximum atomic E-state index is 9.65. The van der Waals surface area contributed by atoms with Gasteiger partial charge in [0.1, 0.15) is 0 Å². The lowest BCUT2D eigenvalue weighted by Gasteiger charge is -2.16. The first-order valence-corrected chi connectivity index (χ1v) is 5.21. The highest BCUT2D eigenvalue weighted by molar-refractivity contribution is 5.14. The van der Waals surface area contributed by atoms with E-state index >= 15 is 0 Å². The molecule has 14 heavy (non-hydrogen) atoms. The van der Waals surface area contributed by atoms with Crippen molar-refractivity contribution in [2.45, 2.75) is 38.3 Å². The summed E-state index contributed by atoms with van der Waals surface area (Å²) in [5.41, 5.74) is 6.99. The third-order valence-electron chi connectivity index (χ3n) is 2.54. The van der Waals surface area contributed by atoms with Gasteiger partial charge >= 0.3 is 0 Å². The summed E-state index contributed by atoms with van der Waals surface area (Å²) in [6.07, 6.45) is 2.10. The van der Waals surface area contributed by atoms with E-state index in [0.717, 1.165) is 19.3 Å². The van der Waals surface area contributed by atoms with Crippen LogP contribution in [0.2, 0.25) is 0 Å². The molecule has 1 aromatic rings. The molecule has 0 fully saturated rings. The third-order valence-corrected chi connectivity index (χ3v) is 2.54. The summed E-state index contributed by atoms with van der Waals surface area (Å²) in [6.45, 7) is 2.00. The molecule has 2 atom stereocenters. The van der Waals surface area contributed by atoms with Gasteiger partial charge in [-0.2, -0.15) is 0 Å². The van der Waals surface area contributed by atoms with Gasteiger partial charge in [-0.3, -0.25) is 0 Å². The molecule has 1 rings (SSSR count). The fourth-order valence-electron chi connectivity index (χ4n) is 1.45. The van der Waals surface area contributed by atoms with E-state index in [0.29, 0.717) is 0 Å². The molecule has 0 radical (unpaired) electrons. The summed E-state index contributed by atoms with van der Waals surface area (Å²) >= 11 is 0. The Kier molecular flexibility index (Phi) is 4.63. The largest absolute Gasteiger partial charge is 0.392 e. The highest BCUT2D eigenvalue weighted by Gasteiger charge is 2.11. The normalized spacial score (nSPS) is 15.1. The van der Waals surface area contributed by atoms with Crippen molar-refractivity contribution < 1.29 is 5.11 Å². The van der Waals surface area contributed by atoms with Gasteiger partial charge in [0, 0.05) is 6.04 Å². The summed E-state index contributed by atoms with van der Waals surface area (Å²) in [7, 11) is 0. The maximum Gasteiger partial charge on any atom is 0.0694 e. The molecule has 2 heteroatoms. The maximum absolute atomic E-state index is 9.65. The van der Waals surface area contributed by atoms with Gasteiger partial charge in [-0.25, -0.2) is 0 Å². The third kappa shape index (κ3) is 3.48. The van der Waals surface area contributed by atoms with Crippen molar-refractivity contribution in [3.8, 4) is 0 Å². The van der Waals surface area contributed by atoms with Crippen molar-refractivity contribution in [2.75, 3.05) is 0 Å². The standard InChI is InChI=1S/C12H19NO/c1-2-11(13)12(14)9-8-10-6-4-3-5-7-10/h3-7,11-12,14H,2,8-9,13H2,1H3/t11-,12+/m1/s1. The van der Waals surface area contributed by atoms with Crippen LogP contribution in [0.25, 0.3) is 0 Å². The molecule has 0 amide bonds. The van der Waals surface area contributed by atoms with Gasteiger partial charge in [-0.1, -0.05) is 37.3 Å². The van der Waals surface area contributed by atoms with E-state index in [1.807, 2.05) is 25.1 Å². The van der Waals surface area contributed by atoms with Crippen molar-refractivity contribution >= 4 is 0 Å². The van der Waals surface area contributed by atoms with Crippen molar-refractivity contribution in [2.24, 2.45) is 5.73 Å². The van der Waals surface area contributed by atoms with Gasteiger partial charge in [-0.05, 0) is 24.8 Å². The van der Waals surface area contributed by atoms with Gasteiger partial charge in [0.25, 0.3) is 0 Å². The minimum Gasteiger partial charge on any atom is -0.392 e. The van der Waals surface area contributed by atoms with Crippen LogP contribution in [-0.2, 0) is 6.42 Å². The second kappa shape index (κ2) is 5.78. The summed E-state index contributed by atoms with van der Waals surface area (Å²) in [5.74, 6) is 0. The lowest BCUT2D eigenvalue weighted by molar-refractivity contribution is 0.133. The molecule has 0 unspecified atom stereocenters. The first-order valence-electron chi connectivity index (χ1n) is 5.21. The summed E-state index contributed by atoms with van der Waals surface area (Å²) in [5, 5.41) is 9.65. The predicted octanol–water partition coefficient (Wildman–Crippen LogP) is 1.72. The predicted molar refractivity (Wildman–Crippen MR) is 59.0 cm³/mol. The van der Waals surface area contributed by atoms with Crippen LogP contribution in [0.4, 0.5) is 0 Å². The van der Waals surface area contributed by atoms with Crippen LogP contribution >= 0.6 is 0 Å². The molecule has 0 aliphatic rings. The van der Waals surface area contributed by atoms with E-state index in [1.54, 1.807) is 0 Å². The minimum absolute atomic E-state index is 0.0845. The monoisotopic (exact) mass is 193 g/mol. The quantitative estimate of drug-likeness (QED) is 0.748. The number of hydrogen-bond donors (Lipinski definition) is 2. The Hall–Kier alpha value is -0.860. The first-order chi connectivity index (χ1) is 6.74. The van der Waals surface area contributed by atoms with Crippen LogP contribution in [0.3, 0.4) is 0 Å². The van der Waals surface area contributed by atoms with Crippen LogP contribution in [-0.4, -0.2) is 17.3 Å². The Bertz CT molecular complexity index is 248. The lowest BCUT2D eigenvalue weighted by Crippen LogP contribution is -2.34. The number of aliphatic hydroxyl groups is 1. The Morgan fingerprint density at radius 3 is 2.50 bits per heavy atom. The zero-order chi connectivity index (χ0) is 10.4. The smallest absolute Gasteiger partial charge is 0.0694 e. The fraction of sp³-hybridized carbons (Fsp3) is 0.500. The second-order valence-electron chi connectivity index (χ2n) is 3.66. The van der Waals surface area contributed by atoms with Crippen LogP contribution in [0.15, 0.2) is 30.3 Å². The Morgan fingerprint density at radius 1 is 1.29 bits per heavy atom. The van der Waals surface area contributed by atoms with E-state index in [-0.39, 0.29) is 12.1 Å². The van der Waals surface area contributed by atoms with E-state index < -0.39 is 0 Å². The Morgan fingerprint density at radius 2 is 1.93 bits per heavy atom. The molecule has 2 nitrogen and oxygen atoms in total. The molecule has 0 aliphatic heterocycles. The van der Waals surface area contributed by atoms with Crippen molar-refractivity contribution in [3.63, 3.8) is 0 Å². The number of aliphatic hydroxyl groups excluding tert-OH is 1. The Balaban J connectivity index is 2.34. The van der Waals surface area contributed by atoms with Crippen LogP contribution in [0, 0.1) is 0 Å². The van der Waals surface area contributed by atoms with E-state index in [1.165, 1.54) is 5.56 Å². The van der Waals surface area contributed by atoms with Crippen molar-refractivity contribution in [1.82, 2.24) is 0 Å². The summed E-state index contributed by atoms with van der Waals surface area (Å²) in [6, 6.07) is 10.1. The molecule has 1 aromatic carbocycles. The molecule has 0 aliphatic carbocycles. The van der Waals surface area contributed by atoms with Gasteiger partial charge in [0.05, 0.1) is 6.10 Å². The number of benzene rings is 1. The van der Waals surface area contributed by atoms with Gasteiger partial charge in [-0.15, -0.1) is 0 Å². The van der Waals surface area contributed by atoms with Crippen LogP contribution in [0.1, 0.15) is 25.3 Å². The molecule has 0 saturated carbocycles. The number of rotatable bonds is 5. The Labute approximate surface area is 85.8 Å². The highest BCUT2D eigenvalue weighted by Crippen LogP contribution is 2.07. The van der Waals surface area contributed by atoms with Crippen LogP contribution in [0.5, 0.6) is 0 Å².